The predicted molar refractivity (Wildman–Crippen MR) is 160 cm³/mol. The summed E-state index contributed by atoms with van der Waals surface area (Å²) in [6.07, 6.45) is 7.17. The van der Waals surface area contributed by atoms with E-state index in [0.717, 1.165) is 12.0 Å². The molecule has 5 aliphatic rings. The number of esters is 1. The van der Waals surface area contributed by atoms with Crippen molar-refractivity contribution in [2.45, 2.75) is 128 Å². The maximum atomic E-state index is 14.0. The van der Waals surface area contributed by atoms with Crippen LogP contribution in [0.15, 0.2) is 47.1 Å². The molecule has 3 fully saturated rings. The van der Waals surface area contributed by atoms with Crippen LogP contribution in [0.2, 0.25) is 0 Å². The zero-order chi connectivity index (χ0) is 31.3. The standard InChI is InChI=1S/C34H50O9/c1-18-8-7-9-24-17-40-31-29(37)21(4)14-27(34(24,31)39)32(38)41-26-15-25(11-10-19(2)28(18)36)42-33(16-26)13-12-20(3)30(43-33)22(5)23(6)35/h7-10,14,18,20,22-23,25-31,35-37,39H,11-13,15-17H2,1-6H3/b8-7-,19-10-,24-9?/t18-,20-,22-,23-,25+,26-,27-,28-,29+,30-,31+,33+,34+/m0/s1. The van der Waals surface area contributed by atoms with Crippen LogP contribution in [0.4, 0.5) is 0 Å². The van der Waals surface area contributed by atoms with Crippen LogP contribution in [-0.2, 0) is 23.7 Å². The third-order valence-electron chi connectivity index (χ3n) is 10.6. The molecule has 1 spiro atoms. The number of allylic oxidation sites excluding steroid dienone is 2. The van der Waals surface area contributed by atoms with Crippen molar-refractivity contribution in [1.82, 2.24) is 0 Å². The quantitative estimate of drug-likeness (QED) is 0.277. The lowest BCUT2D eigenvalue weighted by Gasteiger charge is -2.51. The van der Waals surface area contributed by atoms with Crippen LogP contribution in [-0.4, -0.2) is 87.1 Å². The topological polar surface area (TPSA) is 135 Å². The van der Waals surface area contributed by atoms with Gasteiger partial charge in [-0.05, 0) is 56.3 Å². The maximum absolute atomic E-state index is 14.0. The molecule has 3 saturated heterocycles. The number of ether oxygens (including phenoxy) is 4. The van der Waals surface area contributed by atoms with Gasteiger partial charge >= 0.3 is 5.97 Å². The van der Waals surface area contributed by atoms with Crippen LogP contribution in [0.3, 0.4) is 0 Å². The molecule has 43 heavy (non-hydrogen) atoms. The fourth-order valence-electron chi connectivity index (χ4n) is 7.54. The third kappa shape index (κ3) is 6.19. The molecule has 0 aromatic rings. The summed E-state index contributed by atoms with van der Waals surface area (Å²) in [7, 11) is 0. The highest BCUT2D eigenvalue weighted by atomic mass is 16.7. The van der Waals surface area contributed by atoms with Gasteiger partial charge in [0.15, 0.2) is 5.79 Å². The second kappa shape index (κ2) is 12.5. The van der Waals surface area contributed by atoms with Gasteiger partial charge in [0.05, 0.1) is 31.0 Å². The molecule has 0 amide bonds. The molecule has 13 atom stereocenters. The van der Waals surface area contributed by atoms with E-state index in [1.165, 1.54) is 0 Å². The highest BCUT2D eigenvalue weighted by Gasteiger charge is 2.60. The molecule has 0 aromatic heterocycles. The van der Waals surface area contributed by atoms with Gasteiger partial charge in [-0.15, -0.1) is 0 Å². The number of rotatable bonds is 2. The number of fused-ring (bicyclic) bond motifs is 2. The van der Waals surface area contributed by atoms with Crippen LogP contribution in [0.5, 0.6) is 0 Å². The first-order chi connectivity index (χ1) is 20.3. The number of carbonyl (C=O) groups is 1. The van der Waals surface area contributed by atoms with E-state index < -0.39 is 53.8 Å². The Bertz CT molecular complexity index is 1170. The summed E-state index contributed by atoms with van der Waals surface area (Å²) in [4.78, 5) is 14.0. The Morgan fingerprint density at radius 3 is 2.51 bits per heavy atom. The second-order valence-corrected chi connectivity index (χ2v) is 13.8. The minimum absolute atomic E-state index is 0.0562. The average molecular weight is 603 g/mol. The zero-order valence-corrected chi connectivity index (χ0v) is 26.3. The number of aliphatic hydroxyl groups excluding tert-OH is 3. The Kier molecular flexibility index (Phi) is 9.46. The molecule has 4 aliphatic heterocycles. The molecule has 240 valence electrons. The summed E-state index contributed by atoms with van der Waals surface area (Å²) in [6.45, 7) is 11.5. The maximum Gasteiger partial charge on any atom is 0.316 e. The lowest BCUT2D eigenvalue weighted by atomic mass is 9.71. The van der Waals surface area contributed by atoms with Crippen LogP contribution in [0, 0.1) is 23.7 Å². The molecule has 1 aliphatic carbocycles. The highest BCUT2D eigenvalue weighted by molar-refractivity contribution is 5.78. The largest absolute Gasteiger partial charge is 0.462 e. The Hall–Kier alpha value is -1.85. The van der Waals surface area contributed by atoms with Gasteiger partial charge < -0.3 is 39.4 Å². The van der Waals surface area contributed by atoms with E-state index in [2.05, 4.69) is 6.92 Å². The van der Waals surface area contributed by atoms with Gasteiger partial charge in [0.25, 0.3) is 0 Å². The van der Waals surface area contributed by atoms with Crippen molar-refractivity contribution in [3.8, 4) is 0 Å². The van der Waals surface area contributed by atoms with E-state index in [4.69, 9.17) is 18.9 Å². The van der Waals surface area contributed by atoms with E-state index in [1.54, 1.807) is 32.1 Å². The van der Waals surface area contributed by atoms with Crippen molar-refractivity contribution in [2.24, 2.45) is 23.7 Å². The number of carbonyl (C=O) groups excluding carboxylic acids is 1. The van der Waals surface area contributed by atoms with Gasteiger partial charge in [-0.1, -0.05) is 51.2 Å². The zero-order valence-electron chi connectivity index (χ0n) is 26.3. The number of hydrogen-bond donors (Lipinski definition) is 4. The summed E-state index contributed by atoms with van der Waals surface area (Å²) < 4.78 is 25.5. The molecule has 0 unspecified atom stereocenters. The van der Waals surface area contributed by atoms with Crippen molar-refractivity contribution in [1.29, 1.82) is 0 Å². The summed E-state index contributed by atoms with van der Waals surface area (Å²) >= 11 is 0. The number of aliphatic hydroxyl groups is 4. The number of hydrogen-bond acceptors (Lipinski definition) is 9. The lowest BCUT2D eigenvalue weighted by molar-refractivity contribution is -0.342. The highest BCUT2D eigenvalue weighted by Crippen LogP contribution is 2.48. The second-order valence-electron chi connectivity index (χ2n) is 13.8. The van der Waals surface area contributed by atoms with Crippen LogP contribution in [0.1, 0.15) is 73.6 Å². The van der Waals surface area contributed by atoms with Gasteiger partial charge in [-0.25, -0.2) is 0 Å². The van der Waals surface area contributed by atoms with Crippen molar-refractivity contribution in [2.75, 3.05) is 6.61 Å². The Labute approximate surface area is 255 Å². The molecule has 0 radical (unpaired) electrons. The van der Waals surface area contributed by atoms with Crippen molar-refractivity contribution >= 4 is 5.97 Å². The minimum Gasteiger partial charge on any atom is -0.462 e. The normalized spacial score (nSPS) is 47.3. The van der Waals surface area contributed by atoms with Gasteiger partial charge in [-0.3, -0.25) is 4.79 Å². The van der Waals surface area contributed by atoms with E-state index >= 15 is 0 Å². The molecular formula is C34H50O9. The predicted octanol–water partition coefficient (Wildman–Crippen LogP) is 3.50. The molecular weight excluding hydrogens is 552 g/mol. The molecule has 9 heteroatoms. The fourth-order valence-corrected chi connectivity index (χ4v) is 7.54. The fraction of sp³-hybridized carbons (Fsp3) is 0.735. The van der Waals surface area contributed by atoms with Gasteiger partial charge in [-0.2, -0.15) is 0 Å². The SMILES string of the molecule is CC1=C[C@H]2C(=O)O[C@H]3C[C@@H](C/C=C(/C)[C@@H](O)[C@@H](C)/C=C\C=C4CO[C@H]([C@@H]1O)[C@@]42O)O[C@@]1(CC[C@H](C)[C@@H]([C@@H](C)[C@H](C)O)O1)C3. The molecule has 0 saturated carbocycles. The molecule has 4 heterocycles. The van der Waals surface area contributed by atoms with Gasteiger partial charge in [0.2, 0.25) is 0 Å². The minimum atomic E-state index is -1.79. The van der Waals surface area contributed by atoms with Gasteiger partial charge in [0.1, 0.15) is 29.8 Å². The molecule has 2 bridgehead atoms. The average Bonchev–Trinajstić information content (AvgIpc) is 3.30. The Balaban J connectivity index is 1.53. The lowest BCUT2D eigenvalue weighted by Crippen LogP contribution is -2.58. The van der Waals surface area contributed by atoms with Crippen LogP contribution in [0.25, 0.3) is 0 Å². The summed E-state index contributed by atoms with van der Waals surface area (Å²) in [5, 5.41) is 44.4. The molecule has 5 rings (SSSR count). The first-order valence-corrected chi connectivity index (χ1v) is 15.9. The third-order valence-corrected chi connectivity index (χ3v) is 10.6. The van der Waals surface area contributed by atoms with Gasteiger partial charge in [0, 0.05) is 31.1 Å². The Morgan fingerprint density at radius 1 is 1.05 bits per heavy atom. The molecule has 0 aromatic carbocycles. The van der Waals surface area contributed by atoms with Crippen LogP contribution >= 0.6 is 0 Å². The smallest absolute Gasteiger partial charge is 0.316 e. The summed E-state index contributed by atoms with van der Waals surface area (Å²) in [6, 6.07) is 0. The van der Waals surface area contributed by atoms with E-state index in [1.807, 2.05) is 32.9 Å². The monoisotopic (exact) mass is 602 g/mol. The molecule has 9 nitrogen and oxygen atoms in total. The molecule has 4 N–H and O–H groups in total. The summed E-state index contributed by atoms with van der Waals surface area (Å²) in [5.41, 5.74) is 0.0410. The van der Waals surface area contributed by atoms with Crippen molar-refractivity contribution in [3.05, 3.63) is 47.1 Å². The van der Waals surface area contributed by atoms with E-state index in [9.17, 15) is 25.2 Å². The Morgan fingerprint density at radius 2 is 1.79 bits per heavy atom. The first-order valence-electron chi connectivity index (χ1n) is 15.9. The van der Waals surface area contributed by atoms with Crippen molar-refractivity contribution < 1.29 is 44.2 Å². The van der Waals surface area contributed by atoms with Crippen molar-refractivity contribution in [3.63, 3.8) is 0 Å². The van der Waals surface area contributed by atoms with E-state index in [-0.39, 0.29) is 36.6 Å². The summed E-state index contributed by atoms with van der Waals surface area (Å²) in [5.74, 6) is -2.76. The van der Waals surface area contributed by atoms with Crippen LogP contribution < -0.4 is 0 Å². The van der Waals surface area contributed by atoms with E-state index in [0.29, 0.717) is 36.8 Å². The first kappa shape index (κ1) is 32.5.